The van der Waals surface area contributed by atoms with Crippen LogP contribution in [0.2, 0.25) is 0 Å². The van der Waals surface area contributed by atoms with E-state index in [1.165, 1.54) is 6.08 Å². The van der Waals surface area contributed by atoms with Gasteiger partial charge < -0.3 is 24.3 Å². The van der Waals surface area contributed by atoms with Gasteiger partial charge in [-0.15, -0.1) is 0 Å². The largest absolute Gasteiger partial charge is 0.493 e. The number of ether oxygens (including phenoxy) is 4. The van der Waals surface area contributed by atoms with E-state index < -0.39 is 5.91 Å². The molecule has 0 saturated heterocycles. The summed E-state index contributed by atoms with van der Waals surface area (Å²) in [4.78, 5) is 12.4. The maximum atomic E-state index is 12.4. The molecule has 0 saturated carbocycles. The fourth-order valence-electron chi connectivity index (χ4n) is 2.92. The topological polar surface area (TPSA) is 89.8 Å². The molecule has 7 heteroatoms. The van der Waals surface area contributed by atoms with Crippen molar-refractivity contribution in [2.75, 3.05) is 34.0 Å². The number of amides is 1. The molecule has 0 aromatic heterocycles. The van der Waals surface area contributed by atoms with Gasteiger partial charge in [-0.3, -0.25) is 4.79 Å². The molecule has 3 rings (SSSR count). The number of carbonyl (C=O) groups is 1. The van der Waals surface area contributed by atoms with Crippen molar-refractivity contribution in [3.8, 4) is 29.1 Å². The predicted octanol–water partition coefficient (Wildman–Crippen LogP) is 2.74. The van der Waals surface area contributed by atoms with E-state index in [-0.39, 0.29) is 5.57 Å². The van der Waals surface area contributed by atoms with Crippen molar-refractivity contribution in [3.63, 3.8) is 0 Å². The van der Waals surface area contributed by atoms with E-state index in [2.05, 4.69) is 5.32 Å². The van der Waals surface area contributed by atoms with E-state index in [4.69, 9.17) is 18.9 Å². The fourth-order valence-corrected chi connectivity index (χ4v) is 2.92. The number of carbonyl (C=O) groups excluding carboxylic acids is 1. The van der Waals surface area contributed by atoms with Crippen LogP contribution in [0.3, 0.4) is 0 Å². The minimum Gasteiger partial charge on any atom is -0.493 e. The Kier molecular flexibility index (Phi) is 6.59. The van der Waals surface area contributed by atoms with E-state index >= 15 is 0 Å². The van der Waals surface area contributed by atoms with Gasteiger partial charge in [0.15, 0.2) is 23.0 Å². The van der Waals surface area contributed by atoms with Crippen molar-refractivity contribution in [1.82, 2.24) is 5.32 Å². The minimum atomic E-state index is -0.428. The van der Waals surface area contributed by atoms with Gasteiger partial charge in [0, 0.05) is 6.54 Å². The number of nitrogens with zero attached hydrogens (tertiary/aromatic N) is 1. The molecule has 1 aliphatic rings. The van der Waals surface area contributed by atoms with E-state index in [1.54, 1.807) is 32.4 Å². The summed E-state index contributed by atoms with van der Waals surface area (Å²) in [6, 6.07) is 12.8. The van der Waals surface area contributed by atoms with Gasteiger partial charge in [0.25, 0.3) is 5.91 Å². The Morgan fingerprint density at radius 1 is 1.10 bits per heavy atom. The Labute approximate surface area is 169 Å². The summed E-state index contributed by atoms with van der Waals surface area (Å²) >= 11 is 0. The van der Waals surface area contributed by atoms with Gasteiger partial charge in [0.05, 0.1) is 14.2 Å². The van der Waals surface area contributed by atoms with E-state index in [1.807, 2.05) is 24.3 Å². The molecule has 0 spiro atoms. The second-order valence-electron chi connectivity index (χ2n) is 6.27. The van der Waals surface area contributed by atoms with E-state index in [0.29, 0.717) is 54.7 Å². The van der Waals surface area contributed by atoms with Crippen molar-refractivity contribution < 1.29 is 23.7 Å². The summed E-state index contributed by atoms with van der Waals surface area (Å²) < 4.78 is 21.5. The highest BCUT2D eigenvalue weighted by Gasteiger charge is 2.13. The second-order valence-corrected chi connectivity index (χ2v) is 6.27. The summed E-state index contributed by atoms with van der Waals surface area (Å²) in [5, 5.41) is 12.1. The maximum absolute atomic E-state index is 12.4. The van der Waals surface area contributed by atoms with Crippen LogP contribution in [-0.4, -0.2) is 39.9 Å². The third-order valence-corrected chi connectivity index (χ3v) is 4.39. The number of fused-ring (bicyclic) bond motifs is 1. The predicted molar refractivity (Wildman–Crippen MR) is 107 cm³/mol. The SMILES string of the molecule is COc1ccc(CCNC(=O)/C(C#N)=C/c2ccc3c(c2)OCCO3)cc1OC. The van der Waals surface area contributed by atoms with Crippen molar-refractivity contribution >= 4 is 12.0 Å². The Bertz CT molecular complexity index is 962. The first-order valence-electron chi connectivity index (χ1n) is 9.15. The lowest BCUT2D eigenvalue weighted by Crippen LogP contribution is -2.26. The number of benzene rings is 2. The molecule has 0 radical (unpaired) electrons. The van der Waals surface area contributed by atoms with E-state index in [0.717, 1.165) is 5.56 Å². The van der Waals surface area contributed by atoms with Gasteiger partial charge in [-0.2, -0.15) is 5.26 Å². The standard InChI is InChI=1S/C22H22N2O5/c1-26-18-5-3-15(12-20(18)27-2)7-8-24-22(25)17(14-23)11-16-4-6-19-21(13-16)29-10-9-28-19/h3-6,11-13H,7-10H2,1-2H3,(H,24,25)/b17-11+. The van der Waals surface area contributed by atoms with Crippen molar-refractivity contribution in [3.05, 3.63) is 53.1 Å². The quantitative estimate of drug-likeness (QED) is 0.574. The lowest BCUT2D eigenvalue weighted by molar-refractivity contribution is -0.117. The average molecular weight is 394 g/mol. The monoisotopic (exact) mass is 394 g/mol. The summed E-state index contributed by atoms with van der Waals surface area (Å²) in [6.45, 7) is 1.37. The van der Waals surface area contributed by atoms with Crippen molar-refractivity contribution in [2.24, 2.45) is 0 Å². The molecular formula is C22H22N2O5. The van der Waals surface area contributed by atoms with Crippen LogP contribution in [0.5, 0.6) is 23.0 Å². The highest BCUT2D eigenvalue weighted by atomic mass is 16.6. The summed E-state index contributed by atoms with van der Waals surface area (Å²) in [5.74, 6) is 2.12. The number of rotatable bonds is 7. The zero-order valence-electron chi connectivity index (χ0n) is 16.4. The molecule has 1 aliphatic heterocycles. The molecule has 2 aromatic rings. The summed E-state index contributed by atoms with van der Waals surface area (Å²) in [6.07, 6.45) is 2.12. The van der Waals surface area contributed by atoms with Crippen molar-refractivity contribution in [1.29, 1.82) is 5.26 Å². The second kappa shape index (κ2) is 9.51. The highest BCUT2D eigenvalue weighted by Crippen LogP contribution is 2.31. The number of hydrogen-bond donors (Lipinski definition) is 1. The molecule has 29 heavy (non-hydrogen) atoms. The first-order valence-corrected chi connectivity index (χ1v) is 9.15. The third-order valence-electron chi connectivity index (χ3n) is 4.39. The van der Waals surface area contributed by atoms with Gasteiger partial charge >= 0.3 is 0 Å². The van der Waals surface area contributed by atoms with Crippen LogP contribution in [0.4, 0.5) is 0 Å². The van der Waals surface area contributed by atoms with Gasteiger partial charge in [-0.25, -0.2) is 0 Å². The number of hydrogen-bond acceptors (Lipinski definition) is 6. The Morgan fingerprint density at radius 3 is 2.59 bits per heavy atom. The number of nitrogens with one attached hydrogen (secondary N) is 1. The number of nitriles is 1. The molecule has 150 valence electrons. The lowest BCUT2D eigenvalue weighted by Gasteiger charge is -2.18. The molecule has 2 aromatic carbocycles. The van der Waals surface area contributed by atoms with Gasteiger partial charge in [0.2, 0.25) is 0 Å². The molecule has 1 heterocycles. The first-order chi connectivity index (χ1) is 14.1. The molecule has 0 fully saturated rings. The number of methoxy groups -OCH3 is 2. The molecule has 1 amide bonds. The fraction of sp³-hybridized carbons (Fsp3) is 0.273. The Balaban J connectivity index is 1.62. The van der Waals surface area contributed by atoms with Crippen LogP contribution in [0.25, 0.3) is 6.08 Å². The van der Waals surface area contributed by atoms with Gasteiger partial charge in [-0.05, 0) is 47.9 Å². The molecule has 1 N–H and O–H groups in total. The van der Waals surface area contributed by atoms with E-state index in [9.17, 15) is 10.1 Å². The van der Waals surface area contributed by atoms with Gasteiger partial charge in [-0.1, -0.05) is 12.1 Å². The lowest BCUT2D eigenvalue weighted by atomic mass is 10.1. The smallest absolute Gasteiger partial charge is 0.261 e. The third kappa shape index (κ3) is 4.99. The zero-order valence-corrected chi connectivity index (χ0v) is 16.4. The van der Waals surface area contributed by atoms with Crippen LogP contribution >= 0.6 is 0 Å². The maximum Gasteiger partial charge on any atom is 0.261 e. The zero-order chi connectivity index (χ0) is 20.6. The first kappa shape index (κ1) is 20.1. The molecule has 7 nitrogen and oxygen atoms in total. The Morgan fingerprint density at radius 2 is 1.86 bits per heavy atom. The molecule has 0 atom stereocenters. The summed E-state index contributed by atoms with van der Waals surface area (Å²) in [5.41, 5.74) is 1.70. The normalized spacial score (nSPS) is 12.7. The highest BCUT2D eigenvalue weighted by molar-refractivity contribution is 6.01. The van der Waals surface area contributed by atoms with Gasteiger partial charge in [0.1, 0.15) is 24.9 Å². The van der Waals surface area contributed by atoms with Crippen LogP contribution in [0.15, 0.2) is 42.0 Å². The van der Waals surface area contributed by atoms with Crippen molar-refractivity contribution in [2.45, 2.75) is 6.42 Å². The molecule has 0 unspecified atom stereocenters. The summed E-state index contributed by atoms with van der Waals surface area (Å²) in [7, 11) is 3.15. The van der Waals surface area contributed by atoms with Crippen LogP contribution < -0.4 is 24.3 Å². The average Bonchev–Trinajstić information content (AvgIpc) is 2.77. The van der Waals surface area contributed by atoms with Crippen LogP contribution in [-0.2, 0) is 11.2 Å². The molecule has 0 bridgehead atoms. The van der Waals surface area contributed by atoms with Crippen LogP contribution in [0, 0.1) is 11.3 Å². The molecular weight excluding hydrogens is 372 g/mol. The minimum absolute atomic E-state index is 0.0222. The molecule has 0 aliphatic carbocycles. The van der Waals surface area contributed by atoms with Crippen LogP contribution in [0.1, 0.15) is 11.1 Å². The Hall–Kier alpha value is -3.66.